The lowest BCUT2D eigenvalue weighted by atomic mass is 9.99. The largest absolute Gasteiger partial charge is 0.354 e. The Morgan fingerprint density at radius 2 is 1.42 bits per heavy atom. The molecule has 0 saturated heterocycles. The Hall–Kier alpha value is -3.40. The smallest absolute Gasteiger partial charge is 0.279 e. The van der Waals surface area contributed by atoms with E-state index in [1.54, 1.807) is 6.07 Å². The summed E-state index contributed by atoms with van der Waals surface area (Å²) in [6.07, 6.45) is 0. The van der Waals surface area contributed by atoms with Crippen molar-refractivity contribution >= 4 is 49.0 Å². The number of aromatic amines is 1. The fourth-order valence-electron chi connectivity index (χ4n) is 3.67. The predicted octanol–water partition coefficient (Wildman–Crippen LogP) is 5.54. The van der Waals surface area contributed by atoms with Crippen LogP contribution in [0, 0.1) is 10.1 Å². The van der Waals surface area contributed by atoms with Crippen LogP contribution in [0.4, 0.5) is 5.69 Å². The predicted molar refractivity (Wildman–Crippen MR) is 97.5 cm³/mol. The van der Waals surface area contributed by atoms with Crippen LogP contribution in [0.15, 0.2) is 66.7 Å². The molecule has 1 N–H and O–H groups in total. The summed E-state index contributed by atoms with van der Waals surface area (Å²) in [6, 6.07) is 21.5. The van der Waals surface area contributed by atoms with E-state index in [4.69, 9.17) is 0 Å². The number of rotatable bonds is 1. The molecule has 0 bridgehead atoms. The van der Waals surface area contributed by atoms with E-state index in [2.05, 4.69) is 23.2 Å². The number of non-ortho nitro benzene ring substituents is 1. The quantitative estimate of drug-likeness (QED) is 0.326. The highest BCUT2D eigenvalue weighted by Crippen LogP contribution is 2.39. The molecule has 0 aliphatic heterocycles. The number of benzene rings is 4. The highest BCUT2D eigenvalue weighted by atomic mass is 16.6. The molecule has 114 valence electrons. The number of nitrogens with one attached hydrogen (secondary N) is 1. The minimum atomic E-state index is -0.314. The maximum Gasteiger partial charge on any atom is 0.279 e. The zero-order valence-corrected chi connectivity index (χ0v) is 12.6. The van der Waals surface area contributed by atoms with E-state index in [1.807, 2.05) is 42.5 Å². The molecule has 0 aliphatic carbocycles. The molecule has 5 aromatic rings. The number of nitro groups is 1. The Labute approximate surface area is 136 Å². The Kier molecular flexibility index (Phi) is 2.48. The first-order valence-electron chi connectivity index (χ1n) is 7.73. The number of nitro benzene ring substituents is 1. The van der Waals surface area contributed by atoms with Crippen molar-refractivity contribution in [1.29, 1.82) is 0 Å². The SMILES string of the molecule is O=[N+]([O-])c1cc2[nH]c3ccc4ccccc4c3c2c2ccccc12. The van der Waals surface area contributed by atoms with Gasteiger partial charge < -0.3 is 4.98 Å². The van der Waals surface area contributed by atoms with E-state index in [9.17, 15) is 10.1 Å². The van der Waals surface area contributed by atoms with Crippen molar-refractivity contribution in [2.45, 2.75) is 0 Å². The molecule has 4 aromatic carbocycles. The van der Waals surface area contributed by atoms with Gasteiger partial charge in [-0.25, -0.2) is 0 Å². The molecule has 0 fully saturated rings. The summed E-state index contributed by atoms with van der Waals surface area (Å²) < 4.78 is 0. The Morgan fingerprint density at radius 1 is 0.750 bits per heavy atom. The summed E-state index contributed by atoms with van der Waals surface area (Å²) in [4.78, 5) is 14.5. The number of H-pyrrole nitrogens is 1. The molecule has 5 rings (SSSR count). The minimum Gasteiger partial charge on any atom is -0.354 e. The van der Waals surface area contributed by atoms with Crippen LogP contribution in [0.3, 0.4) is 0 Å². The molecule has 1 heterocycles. The summed E-state index contributed by atoms with van der Waals surface area (Å²) in [7, 11) is 0. The molecule has 0 aliphatic rings. The van der Waals surface area contributed by atoms with Crippen LogP contribution in [0.2, 0.25) is 0 Å². The van der Waals surface area contributed by atoms with Crippen molar-refractivity contribution in [1.82, 2.24) is 4.98 Å². The van der Waals surface area contributed by atoms with Gasteiger partial charge in [0.05, 0.1) is 15.8 Å². The Balaban J connectivity index is 2.13. The molecule has 24 heavy (non-hydrogen) atoms. The third-order valence-corrected chi connectivity index (χ3v) is 4.67. The summed E-state index contributed by atoms with van der Waals surface area (Å²) in [5.74, 6) is 0. The number of hydrogen-bond donors (Lipinski definition) is 1. The maximum absolute atomic E-state index is 11.5. The van der Waals surface area contributed by atoms with Gasteiger partial charge in [0, 0.05) is 22.4 Å². The van der Waals surface area contributed by atoms with Crippen LogP contribution in [-0.4, -0.2) is 9.91 Å². The van der Waals surface area contributed by atoms with E-state index in [0.29, 0.717) is 5.39 Å². The van der Waals surface area contributed by atoms with Gasteiger partial charge in [0.25, 0.3) is 5.69 Å². The van der Waals surface area contributed by atoms with Gasteiger partial charge in [0.15, 0.2) is 0 Å². The van der Waals surface area contributed by atoms with Crippen molar-refractivity contribution in [3.63, 3.8) is 0 Å². The molecular weight excluding hydrogens is 300 g/mol. The van der Waals surface area contributed by atoms with Crippen LogP contribution >= 0.6 is 0 Å². The summed E-state index contributed by atoms with van der Waals surface area (Å²) in [5.41, 5.74) is 1.93. The second-order valence-electron chi connectivity index (χ2n) is 5.96. The molecule has 0 amide bonds. The first-order valence-corrected chi connectivity index (χ1v) is 7.73. The summed E-state index contributed by atoms with van der Waals surface area (Å²) in [5, 5.41) is 17.5. The van der Waals surface area contributed by atoms with Gasteiger partial charge in [-0.1, -0.05) is 48.5 Å². The number of nitrogens with zero attached hydrogens (tertiary/aromatic N) is 1. The van der Waals surface area contributed by atoms with E-state index in [1.165, 1.54) is 0 Å². The molecule has 0 unspecified atom stereocenters. The van der Waals surface area contributed by atoms with Gasteiger partial charge in [-0.3, -0.25) is 10.1 Å². The van der Waals surface area contributed by atoms with Crippen LogP contribution in [0.25, 0.3) is 43.4 Å². The lowest BCUT2D eigenvalue weighted by Gasteiger charge is -2.04. The van der Waals surface area contributed by atoms with Crippen molar-refractivity contribution in [3.05, 3.63) is 76.8 Å². The van der Waals surface area contributed by atoms with Crippen LogP contribution in [0.1, 0.15) is 0 Å². The van der Waals surface area contributed by atoms with Gasteiger partial charge in [-0.2, -0.15) is 0 Å². The van der Waals surface area contributed by atoms with Crippen LogP contribution in [-0.2, 0) is 0 Å². The number of hydrogen-bond acceptors (Lipinski definition) is 2. The lowest BCUT2D eigenvalue weighted by molar-refractivity contribution is -0.382. The normalized spacial score (nSPS) is 11.7. The van der Waals surface area contributed by atoms with Crippen molar-refractivity contribution in [2.24, 2.45) is 0 Å². The summed E-state index contributed by atoms with van der Waals surface area (Å²) in [6.45, 7) is 0. The first kappa shape index (κ1) is 13.1. The average molecular weight is 312 g/mol. The standard InChI is InChI=1S/C20H12N2O2/c23-22(24)18-11-17-20(15-8-4-3-7-14(15)18)19-13-6-2-1-5-12(13)9-10-16(19)21-17/h1-11,21H. The molecule has 0 radical (unpaired) electrons. The van der Waals surface area contributed by atoms with Crippen LogP contribution in [0.5, 0.6) is 0 Å². The fourth-order valence-corrected chi connectivity index (χ4v) is 3.67. The van der Waals surface area contributed by atoms with E-state index in [0.717, 1.165) is 38.0 Å². The van der Waals surface area contributed by atoms with Crippen molar-refractivity contribution < 1.29 is 4.92 Å². The first-order chi connectivity index (χ1) is 11.7. The van der Waals surface area contributed by atoms with Gasteiger partial charge in [0.1, 0.15) is 0 Å². The molecule has 4 nitrogen and oxygen atoms in total. The highest BCUT2D eigenvalue weighted by molar-refractivity contribution is 6.28. The van der Waals surface area contributed by atoms with E-state index in [-0.39, 0.29) is 10.6 Å². The highest BCUT2D eigenvalue weighted by Gasteiger charge is 2.18. The fraction of sp³-hybridized carbons (Fsp3) is 0. The maximum atomic E-state index is 11.5. The van der Waals surface area contributed by atoms with Gasteiger partial charge in [-0.15, -0.1) is 0 Å². The van der Waals surface area contributed by atoms with Gasteiger partial charge in [0.2, 0.25) is 0 Å². The average Bonchev–Trinajstić information content (AvgIpc) is 3.00. The zero-order valence-electron chi connectivity index (χ0n) is 12.6. The molecule has 0 saturated carbocycles. The molecule has 0 spiro atoms. The van der Waals surface area contributed by atoms with Crippen molar-refractivity contribution in [3.8, 4) is 0 Å². The lowest BCUT2D eigenvalue weighted by Crippen LogP contribution is -1.90. The third-order valence-electron chi connectivity index (χ3n) is 4.67. The summed E-state index contributed by atoms with van der Waals surface area (Å²) >= 11 is 0. The van der Waals surface area contributed by atoms with Gasteiger partial charge >= 0.3 is 0 Å². The Bertz CT molecular complexity index is 1280. The van der Waals surface area contributed by atoms with Gasteiger partial charge in [-0.05, 0) is 28.3 Å². The van der Waals surface area contributed by atoms with Crippen molar-refractivity contribution in [2.75, 3.05) is 0 Å². The Morgan fingerprint density at radius 3 is 2.21 bits per heavy atom. The number of aromatic nitrogens is 1. The zero-order chi connectivity index (χ0) is 16.3. The topological polar surface area (TPSA) is 58.9 Å². The third kappa shape index (κ3) is 1.62. The van der Waals surface area contributed by atoms with E-state index >= 15 is 0 Å². The van der Waals surface area contributed by atoms with E-state index < -0.39 is 0 Å². The monoisotopic (exact) mass is 312 g/mol. The van der Waals surface area contributed by atoms with Crippen LogP contribution < -0.4 is 0 Å². The second kappa shape index (κ2) is 4.55. The minimum absolute atomic E-state index is 0.133. The molecular formula is C20H12N2O2. The number of fused-ring (bicyclic) bond motifs is 7. The second-order valence-corrected chi connectivity index (χ2v) is 5.96. The molecule has 1 aromatic heterocycles. The molecule has 4 heteroatoms. The molecule has 0 atom stereocenters.